The maximum Gasteiger partial charge on any atom is 0.357 e. The van der Waals surface area contributed by atoms with Crippen molar-refractivity contribution in [3.05, 3.63) is 189 Å². The Morgan fingerprint density at radius 3 is 0.810 bits per heavy atom. The number of nitrogens with two attached hydrogens (primary N) is 2. The first-order valence-corrected chi connectivity index (χ1v) is 31.6. The van der Waals surface area contributed by atoms with Gasteiger partial charge in [0.05, 0.1) is 39.6 Å². The molecular weight excluding hydrogens is 1320 g/mol. The number of esters is 2. The van der Waals surface area contributed by atoms with Crippen LogP contribution in [0.3, 0.4) is 0 Å². The molecule has 0 radical (unpaired) electrons. The normalized spacial score (nSPS) is 16.1. The third-order valence-electron chi connectivity index (χ3n) is 16.1. The van der Waals surface area contributed by atoms with Gasteiger partial charge in [0, 0.05) is 97.2 Å². The molecular formula is C72H70F8N6O14. The van der Waals surface area contributed by atoms with Gasteiger partial charge in [0.1, 0.15) is 82.3 Å². The van der Waals surface area contributed by atoms with Crippen molar-refractivity contribution < 1.29 is 102 Å². The number of methoxy groups -OCH3 is 4. The molecule has 2 amide bonds. The number of hydrogen-bond donors (Lipinski definition) is 2. The summed E-state index contributed by atoms with van der Waals surface area (Å²) < 4.78 is 164. The summed E-state index contributed by atoms with van der Waals surface area (Å²) in [5.74, 6) is -7.35. The van der Waals surface area contributed by atoms with E-state index in [1.165, 1.54) is 60.7 Å². The molecule has 4 aromatic heterocycles. The summed E-state index contributed by atoms with van der Waals surface area (Å²) in [6.07, 6.45) is 4.12. The molecule has 4 aromatic carbocycles. The van der Waals surface area contributed by atoms with Gasteiger partial charge in [-0.05, 0) is 160 Å². The molecule has 12 rings (SSSR count). The van der Waals surface area contributed by atoms with Crippen LogP contribution in [0, 0.1) is 46.5 Å². The maximum absolute atomic E-state index is 14.3. The number of carbonyl (C=O) groups excluding carboxylic acids is 4. The fourth-order valence-electron chi connectivity index (χ4n) is 11.5. The number of nitrogens with zero attached hydrogens (tertiary/aromatic N) is 4. The zero-order valence-electron chi connectivity index (χ0n) is 55.1. The molecule has 0 bridgehead atoms. The fraction of sp³-hybridized carbons (Fsp3) is 0.333. The van der Waals surface area contributed by atoms with Crippen LogP contribution in [0.5, 0.6) is 23.5 Å². The Hall–Kier alpha value is -10.2. The molecule has 0 saturated carbocycles. The van der Waals surface area contributed by atoms with Gasteiger partial charge < -0.3 is 58.8 Å². The lowest BCUT2D eigenvalue weighted by molar-refractivity contribution is 0.0498. The Balaban J connectivity index is 0.000000156. The van der Waals surface area contributed by atoms with E-state index >= 15 is 0 Å². The van der Waals surface area contributed by atoms with Crippen molar-refractivity contribution in [1.82, 2.24) is 19.9 Å². The van der Waals surface area contributed by atoms with Crippen molar-refractivity contribution in [2.75, 3.05) is 68.1 Å². The number of primary amides is 2. The second-order valence-electron chi connectivity index (χ2n) is 23.0. The highest BCUT2D eigenvalue weighted by molar-refractivity contribution is 5.94. The van der Waals surface area contributed by atoms with Crippen molar-refractivity contribution in [2.24, 2.45) is 11.5 Å². The average molecular weight is 1400 g/mol. The number of carbonyl (C=O) groups is 4. The minimum atomic E-state index is -0.751. The zero-order chi connectivity index (χ0) is 71.9. The van der Waals surface area contributed by atoms with Crippen LogP contribution in [-0.4, -0.2) is 136 Å². The van der Waals surface area contributed by atoms with Crippen molar-refractivity contribution in [1.29, 1.82) is 0 Å². The smallest absolute Gasteiger partial charge is 0.357 e. The number of ether oxygens (including phenoxy) is 10. The van der Waals surface area contributed by atoms with Gasteiger partial charge in [-0.3, -0.25) is 9.59 Å². The molecule has 0 fully saturated rings. The molecule has 4 aliphatic rings. The molecule has 8 heterocycles. The van der Waals surface area contributed by atoms with Crippen molar-refractivity contribution in [2.45, 2.75) is 89.6 Å². The number of hydrogen-bond acceptors (Lipinski definition) is 18. The van der Waals surface area contributed by atoms with E-state index in [1.807, 2.05) is 0 Å². The lowest BCUT2D eigenvalue weighted by atomic mass is 9.94. The minimum absolute atomic E-state index is 0.0161. The zero-order valence-corrected chi connectivity index (χ0v) is 55.1. The summed E-state index contributed by atoms with van der Waals surface area (Å²) >= 11 is 0. The summed E-state index contributed by atoms with van der Waals surface area (Å²) in [6, 6.07) is 19.0. The third kappa shape index (κ3) is 18.0. The van der Waals surface area contributed by atoms with Crippen LogP contribution >= 0.6 is 0 Å². The number of aromatic nitrogens is 4. The maximum atomic E-state index is 14.3. The first-order chi connectivity index (χ1) is 48.0. The van der Waals surface area contributed by atoms with E-state index in [4.69, 9.17) is 58.8 Å². The van der Waals surface area contributed by atoms with E-state index in [0.29, 0.717) is 122 Å². The molecule has 0 aliphatic carbocycles. The van der Waals surface area contributed by atoms with Gasteiger partial charge >= 0.3 is 11.9 Å². The Kier molecular flexibility index (Phi) is 25.2. The third-order valence-corrected chi connectivity index (χ3v) is 16.1. The molecule has 0 saturated heterocycles. The second kappa shape index (κ2) is 34.1. The van der Waals surface area contributed by atoms with Crippen molar-refractivity contribution >= 4 is 23.8 Å². The molecule has 0 unspecified atom stereocenters. The number of fused-ring (bicyclic) bond motifs is 4. The first-order valence-electron chi connectivity index (χ1n) is 31.6. The van der Waals surface area contributed by atoms with E-state index < -0.39 is 70.3 Å². The number of pyridine rings is 4. The molecule has 0 spiro atoms. The standard InChI is InChI=1S/2C19H19F2NO4.2C17H16F2N2O3/c2*1-3-25-19(23)17-9-15(13-6-4-11(20)8-16(13)21)14-7-5-12(10-24-2)26-18(14)22-17;2*1-23-8-10-3-5-12-13(11-4-2-9(18)6-14(11)19)7-15(16(20)22)21-17(12)24-10/h2*4,6,8-9,12H,3,5,7,10H2,1-2H3;2*2,4,6-7,10H,3,5,8H2,1H3,(H2,20,22)/t2*12-;2*10-/m1010/s1. The highest BCUT2D eigenvalue weighted by Crippen LogP contribution is 2.42. The fourth-order valence-corrected chi connectivity index (χ4v) is 11.5. The molecule has 4 aliphatic heterocycles. The number of rotatable bonds is 18. The van der Waals surface area contributed by atoms with Gasteiger partial charge in [0.25, 0.3) is 11.8 Å². The van der Waals surface area contributed by atoms with Crippen LogP contribution in [0.15, 0.2) is 97.1 Å². The van der Waals surface area contributed by atoms with E-state index in [2.05, 4.69) is 19.9 Å². The Labute approximate surface area is 569 Å². The largest absolute Gasteiger partial charge is 0.472 e. The lowest BCUT2D eigenvalue weighted by Gasteiger charge is -2.27. The van der Waals surface area contributed by atoms with Gasteiger partial charge in [-0.15, -0.1) is 0 Å². The SMILES string of the molecule is CCOC(=O)c1cc(-c2ccc(F)cc2F)c2c(n1)O[C@@H](COC)CC2.CCOC(=O)c1cc(-c2ccc(F)cc2F)c2c(n1)O[C@H](COC)CC2.COC[C@@H]1CCc2c(-c3ccc(F)cc3F)cc(C(N)=O)nc2O1.COC[C@H]1CCc2c(-c3ccc(F)cc3F)cc(C(N)=O)nc2O1. The van der Waals surface area contributed by atoms with Crippen molar-refractivity contribution in [3.63, 3.8) is 0 Å². The number of halogens is 8. The second-order valence-corrected chi connectivity index (χ2v) is 23.0. The summed E-state index contributed by atoms with van der Waals surface area (Å²) in [4.78, 5) is 64.1. The average Bonchev–Trinajstić information content (AvgIpc) is 0.773. The molecule has 4 atom stereocenters. The summed E-state index contributed by atoms with van der Waals surface area (Å²) in [5.41, 5.74) is 15.8. The molecule has 20 nitrogen and oxygen atoms in total. The van der Waals surface area contributed by atoms with Crippen LogP contribution in [0.2, 0.25) is 0 Å². The molecule has 4 N–H and O–H groups in total. The minimum Gasteiger partial charge on any atom is -0.472 e. The van der Waals surface area contributed by atoms with Gasteiger partial charge in [0.2, 0.25) is 23.5 Å². The molecule has 8 aromatic rings. The summed E-state index contributed by atoms with van der Waals surface area (Å²) in [7, 11) is 6.26. The van der Waals surface area contributed by atoms with Gasteiger partial charge in [-0.2, -0.15) is 0 Å². The van der Waals surface area contributed by atoms with Crippen LogP contribution in [0.4, 0.5) is 35.1 Å². The first kappa shape index (κ1) is 74.1. The van der Waals surface area contributed by atoms with Crippen LogP contribution < -0.4 is 30.4 Å². The lowest BCUT2D eigenvalue weighted by Crippen LogP contribution is -2.29. The van der Waals surface area contributed by atoms with Gasteiger partial charge in [-0.1, -0.05) is 0 Å². The van der Waals surface area contributed by atoms with E-state index in [9.17, 15) is 54.3 Å². The quantitative estimate of drug-likeness (QED) is 0.0597. The summed E-state index contributed by atoms with van der Waals surface area (Å²) in [6.45, 7) is 5.25. The topological polar surface area (TPSA) is 264 Å². The van der Waals surface area contributed by atoms with Crippen LogP contribution in [-0.2, 0) is 54.1 Å². The Morgan fingerprint density at radius 2 is 0.600 bits per heavy atom. The molecule has 100 heavy (non-hydrogen) atoms. The van der Waals surface area contributed by atoms with Gasteiger partial charge in [-0.25, -0.2) is 64.6 Å². The Bertz CT molecular complexity index is 4050. The van der Waals surface area contributed by atoms with Gasteiger partial charge in [0.15, 0.2) is 11.4 Å². The van der Waals surface area contributed by atoms with Crippen LogP contribution in [0.1, 0.15) is 104 Å². The highest BCUT2D eigenvalue weighted by atomic mass is 19.2. The Morgan fingerprint density at radius 1 is 0.370 bits per heavy atom. The predicted molar refractivity (Wildman–Crippen MR) is 346 cm³/mol. The van der Waals surface area contributed by atoms with E-state index in [0.717, 1.165) is 36.4 Å². The van der Waals surface area contributed by atoms with E-state index in [1.54, 1.807) is 42.3 Å². The highest BCUT2D eigenvalue weighted by Gasteiger charge is 2.32. The number of benzene rings is 4. The molecule has 528 valence electrons. The predicted octanol–water partition coefficient (Wildman–Crippen LogP) is 12.0. The van der Waals surface area contributed by atoms with Crippen LogP contribution in [0.25, 0.3) is 44.5 Å². The summed E-state index contributed by atoms with van der Waals surface area (Å²) in [5, 5.41) is 0. The number of amides is 2. The van der Waals surface area contributed by atoms with Crippen molar-refractivity contribution in [3.8, 4) is 68.0 Å². The monoisotopic (exact) mass is 1390 g/mol. The molecule has 28 heteroatoms. The van der Waals surface area contributed by atoms with E-state index in [-0.39, 0.29) is 106 Å².